The Hall–Kier alpha value is -2.07. The summed E-state index contributed by atoms with van der Waals surface area (Å²) in [5, 5.41) is 0.633. The van der Waals surface area contributed by atoms with Crippen LogP contribution in [0.3, 0.4) is 0 Å². The highest BCUT2D eigenvalue weighted by atomic mass is 35.5. The second-order valence-corrected chi connectivity index (χ2v) is 10.2. The number of carbonyl (C=O) groups is 1. The first kappa shape index (κ1) is 21.2. The lowest BCUT2D eigenvalue weighted by Crippen LogP contribution is -2.34. The average Bonchev–Trinajstić information content (AvgIpc) is 3.36. The minimum atomic E-state index is -3.88. The molecule has 6 nitrogen and oxygen atoms in total. The third kappa shape index (κ3) is 4.34. The summed E-state index contributed by atoms with van der Waals surface area (Å²) < 4.78 is 41.4. The largest absolute Gasteiger partial charge is 0.333 e. The van der Waals surface area contributed by atoms with Gasteiger partial charge in [-0.3, -0.25) is 4.79 Å². The standard InChI is InChI=1S/C20H19ClFN3O3S2/c21-14-12-13(7-8-15(14)22)30(27,28)23-10-9-19(26)25-11-3-5-17(25)20-24-16-4-1-2-6-18(16)29-20/h1-2,4,6-8,12,17,23H,3,5,9-11H2. The van der Waals surface area contributed by atoms with Crippen LogP contribution in [0.4, 0.5) is 4.39 Å². The maximum atomic E-state index is 13.3. The van der Waals surface area contributed by atoms with Crippen LogP contribution in [0.15, 0.2) is 47.4 Å². The Balaban J connectivity index is 1.40. The van der Waals surface area contributed by atoms with Gasteiger partial charge in [0.25, 0.3) is 0 Å². The summed E-state index contributed by atoms with van der Waals surface area (Å²) in [6.07, 6.45) is 1.74. The summed E-state index contributed by atoms with van der Waals surface area (Å²) in [6.45, 7) is 0.568. The molecule has 1 N–H and O–H groups in total. The van der Waals surface area contributed by atoms with Crippen LogP contribution in [0.2, 0.25) is 5.02 Å². The van der Waals surface area contributed by atoms with Gasteiger partial charge in [0, 0.05) is 19.5 Å². The van der Waals surface area contributed by atoms with Crippen LogP contribution in [-0.2, 0) is 14.8 Å². The van der Waals surface area contributed by atoms with Gasteiger partial charge in [-0.1, -0.05) is 23.7 Å². The van der Waals surface area contributed by atoms with E-state index >= 15 is 0 Å². The topological polar surface area (TPSA) is 79.4 Å². The summed E-state index contributed by atoms with van der Waals surface area (Å²) in [5.74, 6) is -0.822. The SMILES string of the molecule is O=C(CCNS(=O)(=O)c1ccc(F)c(Cl)c1)N1CCCC1c1nc2ccccc2s1. The Morgan fingerprint density at radius 3 is 2.87 bits per heavy atom. The van der Waals surface area contributed by atoms with Gasteiger partial charge in [-0.05, 0) is 43.2 Å². The molecule has 30 heavy (non-hydrogen) atoms. The molecule has 1 unspecified atom stereocenters. The first-order chi connectivity index (χ1) is 14.3. The number of aromatic nitrogens is 1. The molecule has 1 aliphatic rings. The highest BCUT2D eigenvalue weighted by Crippen LogP contribution is 2.36. The number of thiazole rings is 1. The van der Waals surface area contributed by atoms with Crippen molar-refractivity contribution in [1.29, 1.82) is 0 Å². The predicted octanol–water partition coefficient (Wildman–Crippen LogP) is 4.12. The Morgan fingerprint density at radius 2 is 2.10 bits per heavy atom. The fourth-order valence-corrected chi connectivity index (χ4v) is 5.94. The number of amides is 1. The van der Waals surface area contributed by atoms with Gasteiger partial charge in [-0.25, -0.2) is 22.5 Å². The number of likely N-dealkylation sites (tertiary alicyclic amines) is 1. The quantitative estimate of drug-likeness (QED) is 0.591. The summed E-state index contributed by atoms with van der Waals surface area (Å²) in [6, 6.07) is 10.9. The van der Waals surface area contributed by atoms with Crippen molar-refractivity contribution in [1.82, 2.24) is 14.6 Å². The number of nitrogens with zero attached hydrogens (tertiary/aromatic N) is 2. The molecule has 2 aromatic carbocycles. The minimum absolute atomic E-state index is 0.0234. The van der Waals surface area contributed by atoms with Crippen molar-refractivity contribution in [2.45, 2.75) is 30.2 Å². The molecule has 1 fully saturated rings. The Morgan fingerprint density at radius 1 is 1.30 bits per heavy atom. The van der Waals surface area contributed by atoms with E-state index in [0.717, 1.165) is 46.3 Å². The monoisotopic (exact) mass is 467 g/mol. The number of nitrogens with one attached hydrogen (secondary N) is 1. The molecule has 0 radical (unpaired) electrons. The smallest absolute Gasteiger partial charge is 0.240 e. The van der Waals surface area contributed by atoms with E-state index in [1.807, 2.05) is 24.3 Å². The van der Waals surface area contributed by atoms with Gasteiger partial charge in [0.15, 0.2) is 0 Å². The number of benzene rings is 2. The third-order valence-electron chi connectivity index (χ3n) is 5.00. The zero-order chi connectivity index (χ0) is 21.3. The van der Waals surface area contributed by atoms with Gasteiger partial charge in [-0.15, -0.1) is 11.3 Å². The highest BCUT2D eigenvalue weighted by Gasteiger charge is 2.32. The van der Waals surface area contributed by atoms with Gasteiger partial charge in [0.2, 0.25) is 15.9 Å². The number of hydrogen-bond donors (Lipinski definition) is 1. The summed E-state index contributed by atoms with van der Waals surface area (Å²) >= 11 is 7.24. The van der Waals surface area contributed by atoms with Crippen molar-refractivity contribution in [3.63, 3.8) is 0 Å². The number of rotatable bonds is 6. The molecule has 0 spiro atoms. The van der Waals surface area contributed by atoms with Gasteiger partial charge in [0.1, 0.15) is 10.8 Å². The molecule has 0 saturated carbocycles. The number of carbonyl (C=O) groups excluding carboxylic acids is 1. The van der Waals surface area contributed by atoms with Crippen LogP contribution in [0.5, 0.6) is 0 Å². The Kier molecular flexibility index (Phi) is 6.06. The fraction of sp³-hybridized carbons (Fsp3) is 0.300. The molecule has 1 atom stereocenters. The molecule has 0 bridgehead atoms. The maximum Gasteiger partial charge on any atom is 0.240 e. The number of para-hydroxylation sites is 1. The molecule has 1 amide bonds. The van der Waals surface area contributed by atoms with Crippen LogP contribution in [0.25, 0.3) is 10.2 Å². The van der Waals surface area contributed by atoms with Crippen molar-refractivity contribution < 1.29 is 17.6 Å². The van der Waals surface area contributed by atoms with Gasteiger partial charge >= 0.3 is 0 Å². The van der Waals surface area contributed by atoms with Crippen molar-refractivity contribution in [3.8, 4) is 0 Å². The number of fused-ring (bicyclic) bond motifs is 1. The summed E-state index contributed by atoms with van der Waals surface area (Å²) in [4.78, 5) is 19.1. The molecule has 4 rings (SSSR count). The fourth-order valence-electron chi connectivity index (χ4n) is 3.52. The summed E-state index contributed by atoms with van der Waals surface area (Å²) in [5.41, 5.74) is 0.919. The minimum Gasteiger partial charge on any atom is -0.333 e. The predicted molar refractivity (Wildman–Crippen MR) is 115 cm³/mol. The highest BCUT2D eigenvalue weighted by molar-refractivity contribution is 7.89. The normalized spacial score (nSPS) is 17.0. The van der Waals surface area contributed by atoms with Crippen LogP contribution < -0.4 is 4.72 Å². The van der Waals surface area contributed by atoms with Crippen LogP contribution in [-0.4, -0.2) is 37.3 Å². The number of halogens is 2. The lowest BCUT2D eigenvalue weighted by atomic mass is 10.2. The second kappa shape index (κ2) is 8.58. The van der Waals surface area contributed by atoms with Crippen molar-refractivity contribution >= 4 is 49.1 Å². The van der Waals surface area contributed by atoms with E-state index < -0.39 is 15.8 Å². The van der Waals surface area contributed by atoms with Crippen LogP contribution >= 0.6 is 22.9 Å². The van der Waals surface area contributed by atoms with Gasteiger partial charge in [-0.2, -0.15) is 0 Å². The first-order valence-corrected chi connectivity index (χ1v) is 12.1. The van der Waals surface area contributed by atoms with Crippen molar-refractivity contribution in [2.75, 3.05) is 13.1 Å². The van der Waals surface area contributed by atoms with Crippen molar-refractivity contribution in [2.24, 2.45) is 0 Å². The number of hydrogen-bond acceptors (Lipinski definition) is 5. The molecule has 3 aromatic rings. The van der Waals surface area contributed by atoms with E-state index in [1.54, 1.807) is 16.2 Å². The Bertz CT molecular complexity index is 1170. The first-order valence-electron chi connectivity index (χ1n) is 9.45. The zero-order valence-electron chi connectivity index (χ0n) is 15.8. The zero-order valence-corrected chi connectivity index (χ0v) is 18.2. The third-order valence-corrected chi connectivity index (χ3v) is 7.89. The van der Waals surface area contributed by atoms with Gasteiger partial charge in [0.05, 0.1) is 26.2 Å². The van der Waals surface area contributed by atoms with E-state index in [1.165, 1.54) is 0 Å². The maximum absolute atomic E-state index is 13.3. The summed E-state index contributed by atoms with van der Waals surface area (Å²) in [7, 11) is -3.88. The lowest BCUT2D eigenvalue weighted by Gasteiger charge is -2.23. The number of sulfonamides is 1. The molecule has 2 heterocycles. The molecule has 158 valence electrons. The van der Waals surface area contributed by atoms with E-state index in [-0.39, 0.29) is 34.8 Å². The Labute approximate surface area is 182 Å². The van der Waals surface area contributed by atoms with Crippen LogP contribution in [0, 0.1) is 5.82 Å². The van der Waals surface area contributed by atoms with E-state index in [0.29, 0.717) is 6.54 Å². The van der Waals surface area contributed by atoms with E-state index in [4.69, 9.17) is 11.6 Å². The van der Waals surface area contributed by atoms with E-state index in [2.05, 4.69) is 9.71 Å². The second-order valence-electron chi connectivity index (χ2n) is 6.99. The molecule has 0 aliphatic carbocycles. The van der Waals surface area contributed by atoms with Gasteiger partial charge < -0.3 is 4.90 Å². The average molecular weight is 468 g/mol. The molecule has 10 heteroatoms. The van der Waals surface area contributed by atoms with E-state index in [9.17, 15) is 17.6 Å². The molecular weight excluding hydrogens is 449 g/mol. The molecule has 1 saturated heterocycles. The molecular formula is C20H19ClFN3O3S2. The molecule has 1 aliphatic heterocycles. The molecule has 1 aromatic heterocycles. The van der Waals surface area contributed by atoms with Crippen molar-refractivity contribution in [3.05, 3.63) is 58.3 Å². The lowest BCUT2D eigenvalue weighted by molar-refractivity contribution is -0.131. The van der Waals surface area contributed by atoms with Crippen LogP contribution in [0.1, 0.15) is 30.3 Å².